The van der Waals surface area contributed by atoms with Crippen molar-refractivity contribution < 1.29 is 9.32 Å². The van der Waals surface area contributed by atoms with Gasteiger partial charge in [-0.25, -0.2) is 4.79 Å². The van der Waals surface area contributed by atoms with Gasteiger partial charge in [0.25, 0.3) is 0 Å². The van der Waals surface area contributed by atoms with Crippen LogP contribution in [0, 0.1) is 0 Å². The van der Waals surface area contributed by atoms with Gasteiger partial charge in [-0.15, -0.1) is 0 Å². The van der Waals surface area contributed by atoms with Crippen molar-refractivity contribution in [2.75, 3.05) is 18.4 Å². The first-order valence-electron chi connectivity index (χ1n) is 5.03. The average Bonchev–Trinajstić information content (AvgIpc) is 2.71. The summed E-state index contributed by atoms with van der Waals surface area (Å²) in [6, 6.07) is 1.62. The van der Waals surface area contributed by atoms with Crippen molar-refractivity contribution in [2.45, 2.75) is 18.9 Å². The van der Waals surface area contributed by atoms with Crippen molar-refractivity contribution in [3.8, 4) is 0 Å². The monoisotopic (exact) mass is 210 g/mol. The predicted molar refractivity (Wildman–Crippen MR) is 54.5 cm³/mol. The highest BCUT2D eigenvalue weighted by atomic mass is 16.5. The molecule has 1 aliphatic rings. The van der Waals surface area contributed by atoms with E-state index in [2.05, 4.69) is 25.6 Å². The van der Waals surface area contributed by atoms with Crippen LogP contribution in [-0.4, -0.2) is 30.3 Å². The summed E-state index contributed by atoms with van der Waals surface area (Å²) < 4.78 is 4.60. The Hall–Kier alpha value is -1.56. The number of hydrogen-bond acceptors (Lipinski definition) is 4. The topological polar surface area (TPSA) is 79.2 Å². The molecule has 82 valence electrons. The second-order valence-corrected chi connectivity index (χ2v) is 3.51. The zero-order valence-electron chi connectivity index (χ0n) is 8.32. The first kappa shape index (κ1) is 9.97. The number of carbonyl (C=O) groups is 1. The van der Waals surface area contributed by atoms with Gasteiger partial charge in [0, 0.05) is 12.1 Å². The van der Waals surface area contributed by atoms with Crippen molar-refractivity contribution in [3.63, 3.8) is 0 Å². The Kier molecular flexibility index (Phi) is 3.18. The number of nitrogens with one attached hydrogen (secondary N) is 3. The molecule has 3 N–H and O–H groups in total. The molecule has 6 nitrogen and oxygen atoms in total. The number of anilines is 1. The average molecular weight is 210 g/mol. The van der Waals surface area contributed by atoms with E-state index in [4.69, 9.17) is 0 Å². The Morgan fingerprint density at radius 3 is 3.00 bits per heavy atom. The molecule has 15 heavy (non-hydrogen) atoms. The van der Waals surface area contributed by atoms with E-state index in [0.29, 0.717) is 5.82 Å². The van der Waals surface area contributed by atoms with Crippen LogP contribution in [0.4, 0.5) is 10.6 Å². The fourth-order valence-corrected chi connectivity index (χ4v) is 1.58. The molecule has 0 unspecified atom stereocenters. The number of nitrogens with zero attached hydrogens (tertiary/aromatic N) is 1. The van der Waals surface area contributed by atoms with E-state index in [0.717, 1.165) is 25.9 Å². The molecular formula is C9H14N4O2. The van der Waals surface area contributed by atoms with E-state index in [1.54, 1.807) is 6.07 Å². The second kappa shape index (κ2) is 4.79. The number of piperidine rings is 1. The lowest BCUT2D eigenvalue weighted by Crippen LogP contribution is -2.44. The Bertz CT molecular complexity index is 306. The predicted octanol–water partition coefficient (Wildman–Crippen LogP) is 0.548. The lowest BCUT2D eigenvalue weighted by Gasteiger charge is -2.23. The number of hydrogen-bond donors (Lipinski definition) is 3. The number of rotatable bonds is 2. The van der Waals surface area contributed by atoms with Crippen LogP contribution < -0.4 is 16.0 Å². The van der Waals surface area contributed by atoms with Crippen LogP contribution in [-0.2, 0) is 0 Å². The standard InChI is InChI=1S/C9H14N4O2/c14-9(12-8-3-6-15-13-8)11-7-1-4-10-5-2-7/h3,6-7,10H,1-2,4-5H2,(H2,11,12,13,14). The molecule has 1 aromatic heterocycles. The minimum atomic E-state index is -0.226. The number of aromatic nitrogens is 1. The molecule has 0 aliphatic carbocycles. The number of urea groups is 1. The van der Waals surface area contributed by atoms with E-state index in [1.165, 1.54) is 6.26 Å². The minimum Gasteiger partial charge on any atom is -0.363 e. The van der Waals surface area contributed by atoms with E-state index in [1.807, 2.05) is 0 Å². The van der Waals surface area contributed by atoms with Gasteiger partial charge >= 0.3 is 6.03 Å². The molecule has 2 heterocycles. The van der Waals surface area contributed by atoms with Gasteiger partial charge in [0.15, 0.2) is 5.82 Å². The first-order chi connectivity index (χ1) is 7.34. The Labute approximate surface area is 87.4 Å². The quantitative estimate of drug-likeness (QED) is 0.666. The van der Waals surface area contributed by atoms with Gasteiger partial charge in [-0.1, -0.05) is 5.16 Å². The lowest BCUT2D eigenvalue weighted by atomic mass is 10.1. The van der Waals surface area contributed by atoms with E-state index in [9.17, 15) is 4.79 Å². The summed E-state index contributed by atoms with van der Waals surface area (Å²) in [4.78, 5) is 11.5. The number of amides is 2. The summed E-state index contributed by atoms with van der Waals surface area (Å²) in [7, 11) is 0. The molecule has 0 bridgehead atoms. The highest BCUT2D eigenvalue weighted by Crippen LogP contribution is 2.04. The molecular weight excluding hydrogens is 196 g/mol. The van der Waals surface area contributed by atoms with E-state index < -0.39 is 0 Å². The Morgan fingerprint density at radius 2 is 2.33 bits per heavy atom. The van der Waals surface area contributed by atoms with Gasteiger partial charge in [-0.2, -0.15) is 0 Å². The zero-order chi connectivity index (χ0) is 10.5. The largest absolute Gasteiger partial charge is 0.363 e. The van der Waals surface area contributed by atoms with Gasteiger partial charge < -0.3 is 15.2 Å². The van der Waals surface area contributed by atoms with Crippen molar-refractivity contribution in [1.29, 1.82) is 0 Å². The van der Waals surface area contributed by atoms with Gasteiger partial charge in [-0.05, 0) is 25.9 Å². The van der Waals surface area contributed by atoms with Crippen molar-refractivity contribution in [1.82, 2.24) is 15.8 Å². The van der Waals surface area contributed by atoms with Gasteiger partial charge in [0.1, 0.15) is 6.26 Å². The Morgan fingerprint density at radius 1 is 1.53 bits per heavy atom. The molecule has 2 rings (SSSR count). The number of carbonyl (C=O) groups excluding carboxylic acids is 1. The molecule has 1 aliphatic heterocycles. The normalized spacial score (nSPS) is 17.3. The molecule has 1 saturated heterocycles. The van der Waals surface area contributed by atoms with Crippen LogP contribution in [0.3, 0.4) is 0 Å². The maximum Gasteiger partial charge on any atom is 0.320 e. The fourth-order valence-electron chi connectivity index (χ4n) is 1.58. The Balaban J connectivity index is 1.76. The molecule has 6 heteroatoms. The maximum absolute atomic E-state index is 11.5. The molecule has 1 fully saturated rings. The SMILES string of the molecule is O=C(Nc1ccon1)NC1CCNCC1. The fraction of sp³-hybridized carbons (Fsp3) is 0.556. The van der Waals surface area contributed by atoms with E-state index >= 15 is 0 Å². The third-order valence-electron chi connectivity index (χ3n) is 2.35. The van der Waals surface area contributed by atoms with Gasteiger partial charge in [0.2, 0.25) is 0 Å². The van der Waals surface area contributed by atoms with Crippen LogP contribution in [0.1, 0.15) is 12.8 Å². The van der Waals surface area contributed by atoms with Crippen molar-refractivity contribution in [3.05, 3.63) is 12.3 Å². The first-order valence-corrected chi connectivity index (χ1v) is 5.03. The van der Waals surface area contributed by atoms with Crippen LogP contribution in [0.15, 0.2) is 16.9 Å². The summed E-state index contributed by atoms with van der Waals surface area (Å²) in [5, 5.41) is 12.3. The molecule has 0 spiro atoms. The van der Waals surface area contributed by atoms with Crippen LogP contribution in [0.2, 0.25) is 0 Å². The van der Waals surface area contributed by atoms with Crippen LogP contribution >= 0.6 is 0 Å². The maximum atomic E-state index is 11.5. The molecule has 0 atom stereocenters. The summed E-state index contributed by atoms with van der Waals surface area (Å²) in [6.07, 6.45) is 3.35. The van der Waals surface area contributed by atoms with Gasteiger partial charge in [0.05, 0.1) is 0 Å². The smallest absolute Gasteiger partial charge is 0.320 e. The second-order valence-electron chi connectivity index (χ2n) is 3.51. The summed E-state index contributed by atoms with van der Waals surface area (Å²) in [6.45, 7) is 1.91. The highest BCUT2D eigenvalue weighted by Gasteiger charge is 2.15. The van der Waals surface area contributed by atoms with Crippen molar-refractivity contribution in [2.24, 2.45) is 0 Å². The zero-order valence-corrected chi connectivity index (χ0v) is 8.32. The molecule has 0 saturated carbocycles. The summed E-state index contributed by atoms with van der Waals surface area (Å²) in [5.74, 6) is 0.432. The lowest BCUT2D eigenvalue weighted by molar-refractivity contribution is 0.245. The molecule has 2 amide bonds. The minimum absolute atomic E-state index is 0.226. The van der Waals surface area contributed by atoms with E-state index in [-0.39, 0.29) is 12.1 Å². The molecule has 1 aromatic rings. The highest BCUT2D eigenvalue weighted by molar-refractivity contribution is 5.88. The summed E-state index contributed by atoms with van der Waals surface area (Å²) in [5.41, 5.74) is 0. The molecule has 0 radical (unpaired) electrons. The van der Waals surface area contributed by atoms with Crippen molar-refractivity contribution >= 4 is 11.8 Å². The van der Waals surface area contributed by atoms with Crippen LogP contribution in [0.25, 0.3) is 0 Å². The third kappa shape index (κ3) is 2.95. The van der Waals surface area contributed by atoms with Gasteiger partial charge in [-0.3, -0.25) is 5.32 Å². The van der Waals surface area contributed by atoms with Crippen LogP contribution in [0.5, 0.6) is 0 Å². The third-order valence-corrected chi connectivity index (χ3v) is 2.35. The molecule has 0 aromatic carbocycles. The summed E-state index contributed by atoms with van der Waals surface area (Å²) >= 11 is 0.